The molecule has 0 saturated carbocycles. The molecule has 1 N–H and O–H groups in total. The van der Waals surface area contributed by atoms with Crippen molar-refractivity contribution in [3.8, 4) is 11.5 Å². The smallest absolute Gasteiger partial charge is 0.227 e. The van der Waals surface area contributed by atoms with Gasteiger partial charge in [-0.1, -0.05) is 28.1 Å². The molecule has 0 fully saturated rings. The van der Waals surface area contributed by atoms with Crippen LogP contribution in [0.4, 0.5) is 5.69 Å². The van der Waals surface area contributed by atoms with Crippen molar-refractivity contribution in [2.75, 3.05) is 25.2 Å². The van der Waals surface area contributed by atoms with E-state index in [0.717, 1.165) is 15.7 Å². The fourth-order valence-corrected chi connectivity index (χ4v) is 3.36. The van der Waals surface area contributed by atoms with Gasteiger partial charge in [0.25, 0.3) is 0 Å². The lowest BCUT2D eigenvalue weighted by molar-refractivity contribution is -0.125. The van der Waals surface area contributed by atoms with Crippen LogP contribution in [0.2, 0.25) is 0 Å². The summed E-state index contributed by atoms with van der Waals surface area (Å²) >= 11 is 3.41. The standard InChI is InChI=1S/C20H21BrN2O4/c1-26-17-7-6-15(21)12-14(17)13-22-19(24)8-9-20(25)23-10-11-27-18-5-3-2-4-16(18)23/h2-7,12H,8-11,13H2,1H3,(H,22,24). The second kappa shape index (κ2) is 8.90. The molecule has 2 amide bonds. The maximum atomic E-state index is 12.5. The van der Waals surface area contributed by atoms with Crippen molar-refractivity contribution in [3.63, 3.8) is 0 Å². The van der Waals surface area contributed by atoms with Gasteiger partial charge in [0.15, 0.2) is 0 Å². The lowest BCUT2D eigenvalue weighted by Crippen LogP contribution is -2.38. The number of benzene rings is 2. The number of para-hydroxylation sites is 2. The zero-order valence-electron chi connectivity index (χ0n) is 15.0. The molecule has 0 atom stereocenters. The van der Waals surface area contributed by atoms with Crippen LogP contribution < -0.4 is 19.7 Å². The Bertz CT molecular complexity index is 840. The summed E-state index contributed by atoms with van der Waals surface area (Å²) in [6.45, 7) is 1.29. The molecular formula is C20H21BrN2O4. The van der Waals surface area contributed by atoms with E-state index in [0.29, 0.717) is 31.2 Å². The summed E-state index contributed by atoms with van der Waals surface area (Å²) in [6.07, 6.45) is 0.282. The van der Waals surface area contributed by atoms with Gasteiger partial charge in [0, 0.05) is 29.4 Å². The van der Waals surface area contributed by atoms with Gasteiger partial charge in [-0.3, -0.25) is 9.59 Å². The molecule has 0 bridgehead atoms. The van der Waals surface area contributed by atoms with Crippen LogP contribution in [0.5, 0.6) is 11.5 Å². The highest BCUT2D eigenvalue weighted by Crippen LogP contribution is 2.31. The summed E-state index contributed by atoms with van der Waals surface area (Å²) in [4.78, 5) is 26.4. The van der Waals surface area contributed by atoms with Gasteiger partial charge in [-0.05, 0) is 30.3 Å². The van der Waals surface area contributed by atoms with E-state index in [4.69, 9.17) is 9.47 Å². The number of hydrogen-bond acceptors (Lipinski definition) is 4. The van der Waals surface area contributed by atoms with Crippen molar-refractivity contribution in [3.05, 3.63) is 52.5 Å². The Hall–Kier alpha value is -2.54. The Kier molecular flexibility index (Phi) is 6.34. The molecule has 7 heteroatoms. The minimum Gasteiger partial charge on any atom is -0.496 e. The normalized spacial score (nSPS) is 12.7. The molecule has 0 aliphatic carbocycles. The van der Waals surface area contributed by atoms with E-state index in [1.165, 1.54) is 0 Å². The molecular weight excluding hydrogens is 412 g/mol. The maximum Gasteiger partial charge on any atom is 0.227 e. The van der Waals surface area contributed by atoms with Gasteiger partial charge in [0.1, 0.15) is 18.1 Å². The number of amides is 2. The van der Waals surface area contributed by atoms with Gasteiger partial charge >= 0.3 is 0 Å². The second-order valence-electron chi connectivity index (χ2n) is 6.09. The molecule has 1 aliphatic rings. The van der Waals surface area contributed by atoms with Gasteiger partial charge in [-0.25, -0.2) is 0 Å². The van der Waals surface area contributed by atoms with E-state index in [-0.39, 0.29) is 24.7 Å². The van der Waals surface area contributed by atoms with E-state index in [2.05, 4.69) is 21.2 Å². The highest BCUT2D eigenvalue weighted by atomic mass is 79.9. The zero-order valence-corrected chi connectivity index (χ0v) is 16.6. The number of anilines is 1. The summed E-state index contributed by atoms with van der Waals surface area (Å²) in [5.41, 5.74) is 1.63. The first-order valence-electron chi connectivity index (χ1n) is 8.70. The molecule has 1 heterocycles. The number of halogens is 1. The average molecular weight is 433 g/mol. The van der Waals surface area contributed by atoms with Crippen LogP contribution >= 0.6 is 15.9 Å². The maximum absolute atomic E-state index is 12.5. The van der Waals surface area contributed by atoms with Crippen LogP contribution in [0, 0.1) is 0 Å². The Morgan fingerprint density at radius 1 is 1.22 bits per heavy atom. The second-order valence-corrected chi connectivity index (χ2v) is 7.01. The minimum atomic E-state index is -0.174. The van der Waals surface area contributed by atoms with Crippen molar-refractivity contribution in [1.29, 1.82) is 0 Å². The average Bonchev–Trinajstić information content (AvgIpc) is 2.70. The molecule has 0 spiro atoms. The molecule has 0 saturated heterocycles. The number of fused-ring (bicyclic) bond motifs is 1. The summed E-state index contributed by atoms with van der Waals surface area (Å²) in [7, 11) is 1.59. The van der Waals surface area contributed by atoms with E-state index in [1.54, 1.807) is 12.0 Å². The van der Waals surface area contributed by atoms with Gasteiger partial charge in [0.2, 0.25) is 11.8 Å². The number of carbonyl (C=O) groups excluding carboxylic acids is 2. The van der Waals surface area contributed by atoms with Gasteiger partial charge in [0.05, 0.1) is 19.3 Å². The topological polar surface area (TPSA) is 67.9 Å². The Labute approximate surface area is 166 Å². The third kappa shape index (κ3) is 4.80. The van der Waals surface area contributed by atoms with Gasteiger partial charge in [-0.2, -0.15) is 0 Å². The van der Waals surface area contributed by atoms with Crippen molar-refractivity contribution in [1.82, 2.24) is 5.32 Å². The molecule has 0 aromatic heterocycles. The Morgan fingerprint density at radius 2 is 2.04 bits per heavy atom. The third-order valence-corrected chi connectivity index (χ3v) is 4.81. The van der Waals surface area contributed by atoms with E-state index in [9.17, 15) is 9.59 Å². The number of ether oxygens (including phenoxy) is 2. The molecule has 6 nitrogen and oxygen atoms in total. The number of methoxy groups -OCH3 is 1. The molecule has 0 radical (unpaired) electrons. The highest BCUT2D eigenvalue weighted by molar-refractivity contribution is 9.10. The SMILES string of the molecule is COc1ccc(Br)cc1CNC(=O)CCC(=O)N1CCOc2ccccc21. The van der Waals surface area contributed by atoms with E-state index < -0.39 is 0 Å². The Balaban J connectivity index is 1.53. The van der Waals surface area contributed by atoms with Crippen LogP contribution in [0.1, 0.15) is 18.4 Å². The van der Waals surface area contributed by atoms with Crippen molar-refractivity contribution in [2.24, 2.45) is 0 Å². The largest absolute Gasteiger partial charge is 0.496 e. The molecule has 0 unspecified atom stereocenters. The molecule has 27 heavy (non-hydrogen) atoms. The van der Waals surface area contributed by atoms with Gasteiger partial charge < -0.3 is 19.7 Å². The van der Waals surface area contributed by atoms with Crippen LogP contribution in [0.25, 0.3) is 0 Å². The summed E-state index contributed by atoms with van der Waals surface area (Å²) in [5, 5.41) is 2.84. The summed E-state index contributed by atoms with van der Waals surface area (Å²) in [6, 6.07) is 13.0. The molecule has 2 aromatic rings. The quantitative estimate of drug-likeness (QED) is 0.760. The first-order valence-corrected chi connectivity index (χ1v) is 9.49. The minimum absolute atomic E-state index is 0.0825. The summed E-state index contributed by atoms with van der Waals surface area (Å²) < 4.78 is 11.8. The lowest BCUT2D eigenvalue weighted by atomic mass is 10.2. The van der Waals surface area contributed by atoms with Crippen LogP contribution in [-0.4, -0.2) is 32.1 Å². The monoisotopic (exact) mass is 432 g/mol. The predicted octanol–water partition coefficient (Wildman–Crippen LogP) is 3.28. The lowest BCUT2D eigenvalue weighted by Gasteiger charge is -2.29. The van der Waals surface area contributed by atoms with Crippen LogP contribution in [-0.2, 0) is 16.1 Å². The predicted molar refractivity (Wildman–Crippen MR) is 106 cm³/mol. The number of hydrogen-bond donors (Lipinski definition) is 1. The molecule has 2 aromatic carbocycles. The van der Waals surface area contributed by atoms with Gasteiger partial charge in [-0.15, -0.1) is 0 Å². The molecule has 1 aliphatic heterocycles. The number of nitrogens with zero attached hydrogens (tertiary/aromatic N) is 1. The van der Waals surface area contributed by atoms with E-state index >= 15 is 0 Å². The number of carbonyl (C=O) groups is 2. The highest BCUT2D eigenvalue weighted by Gasteiger charge is 2.23. The fraction of sp³-hybridized carbons (Fsp3) is 0.300. The number of rotatable bonds is 6. The first-order chi connectivity index (χ1) is 13.1. The molecule has 142 valence electrons. The van der Waals surface area contributed by atoms with Crippen molar-refractivity contribution < 1.29 is 19.1 Å². The van der Waals surface area contributed by atoms with Crippen molar-refractivity contribution >= 4 is 33.4 Å². The van der Waals surface area contributed by atoms with Crippen molar-refractivity contribution in [2.45, 2.75) is 19.4 Å². The summed E-state index contributed by atoms with van der Waals surface area (Å²) in [5.74, 6) is 1.15. The van der Waals surface area contributed by atoms with Crippen LogP contribution in [0.3, 0.4) is 0 Å². The van der Waals surface area contributed by atoms with E-state index in [1.807, 2.05) is 42.5 Å². The third-order valence-electron chi connectivity index (χ3n) is 4.31. The fourth-order valence-electron chi connectivity index (χ4n) is 2.95. The van der Waals surface area contributed by atoms with Crippen LogP contribution in [0.15, 0.2) is 46.9 Å². The first kappa shape index (κ1) is 19.2. The number of nitrogens with one attached hydrogen (secondary N) is 1. The zero-order chi connectivity index (χ0) is 19.2. The Morgan fingerprint density at radius 3 is 2.85 bits per heavy atom. The molecule has 3 rings (SSSR count).